The predicted octanol–water partition coefficient (Wildman–Crippen LogP) is 2.77. The van der Waals surface area contributed by atoms with Gasteiger partial charge in [0.25, 0.3) is 0 Å². The molecule has 0 saturated carbocycles. The minimum Gasteiger partial charge on any atom is -0.481 e. The van der Waals surface area contributed by atoms with E-state index < -0.39 is 11.9 Å². The fourth-order valence-electron chi connectivity index (χ4n) is 3.04. The van der Waals surface area contributed by atoms with Crippen molar-refractivity contribution in [1.82, 2.24) is 5.32 Å². The lowest BCUT2D eigenvalue weighted by Gasteiger charge is -2.31. The molecule has 0 aromatic heterocycles. The molecule has 0 radical (unpaired) electrons. The minimum absolute atomic E-state index is 0.110. The summed E-state index contributed by atoms with van der Waals surface area (Å²) in [5.74, 6) is -1.75. The summed E-state index contributed by atoms with van der Waals surface area (Å²) in [6, 6.07) is 9.73. The smallest absolute Gasteiger partial charge is 0.308 e. The van der Waals surface area contributed by atoms with Gasteiger partial charge in [-0.2, -0.15) is 0 Å². The summed E-state index contributed by atoms with van der Waals surface area (Å²) in [7, 11) is 0. The van der Waals surface area contributed by atoms with E-state index in [4.69, 9.17) is 4.74 Å². The summed E-state index contributed by atoms with van der Waals surface area (Å²) in [5, 5.41) is 12.0. The van der Waals surface area contributed by atoms with Crippen molar-refractivity contribution in [1.29, 1.82) is 0 Å². The van der Waals surface area contributed by atoms with Crippen LogP contribution in [0.25, 0.3) is 0 Å². The molecule has 1 amide bonds. The summed E-state index contributed by atoms with van der Waals surface area (Å²) in [6.07, 6.45) is 2.71. The number of ether oxygens (including phenoxy) is 1. The zero-order valence-electron chi connectivity index (χ0n) is 13.5. The van der Waals surface area contributed by atoms with Gasteiger partial charge in [-0.3, -0.25) is 9.59 Å². The third kappa shape index (κ3) is 4.79. The highest BCUT2D eigenvalue weighted by molar-refractivity contribution is 5.80. The second-order valence-electron chi connectivity index (χ2n) is 6.02. The van der Waals surface area contributed by atoms with Crippen LogP contribution in [0.3, 0.4) is 0 Å². The highest BCUT2D eigenvalue weighted by Crippen LogP contribution is 2.33. The molecule has 3 unspecified atom stereocenters. The first-order valence-electron chi connectivity index (χ1n) is 8.30. The largest absolute Gasteiger partial charge is 0.481 e. The van der Waals surface area contributed by atoms with Crippen molar-refractivity contribution >= 4 is 11.9 Å². The summed E-state index contributed by atoms with van der Waals surface area (Å²) in [4.78, 5) is 23.7. The Hall–Kier alpha value is -1.88. The van der Waals surface area contributed by atoms with Crippen molar-refractivity contribution in [3.8, 4) is 0 Å². The monoisotopic (exact) mass is 319 g/mol. The fraction of sp³-hybridized carbons (Fsp3) is 0.556. The van der Waals surface area contributed by atoms with Crippen molar-refractivity contribution in [2.75, 3.05) is 13.2 Å². The number of rotatable bonds is 7. The van der Waals surface area contributed by atoms with Crippen LogP contribution in [0.15, 0.2) is 30.3 Å². The predicted molar refractivity (Wildman–Crippen MR) is 86.9 cm³/mol. The van der Waals surface area contributed by atoms with Crippen molar-refractivity contribution < 1.29 is 19.4 Å². The zero-order chi connectivity index (χ0) is 16.7. The lowest BCUT2D eigenvalue weighted by atomic mass is 9.88. The Morgan fingerprint density at radius 2 is 2.09 bits per heavy atom. The average molecular weight is 319 g/mol. The molecule has 3 atom stereocenters. The van der Waals surface area contributed by atoms with E-state index in [0.29, 0.717) is 13.0 Å². The molecular weight excluding hydrogens is 294 g/mol. The number of benzene rings is 1. The Balaban J connectivity index is 1.99. The molecule has 0 bridgehead atoms. The Morgan fingerprint density at radius 3 is 2.74 bits per heavy atom. The first-order valence-corrected chi connectivity index (χ1v) is 8.30. The van der Waals surface area contributed by atoms with E-state index in [2.05, 4.69) is 5.32 Å². The highest BCUT2D eigenvalue weighted by Gasteiger charge is 2.33. The van der Waals surface area contributed by atoms with E-state index in [1.54, 1.807) is 0 Å². The number of carboxylic acid groups (broad SMARTS) is 1. The average Bonchev–Trinajstić information content (AvgIpc) is 2.59. The molecule has 1 saturated heterocycles. The molecule has 1 aliphatic rings. The van der Waals surface area contributed by atoms with Gasteiger partial charge in [0.2, 0.25) is 5.91 Å². The number of nitrogens with one attached hydrogen (secondary N) is 1. The molecular formula is C18H25NO4. The van der Waals surface area contributed by atoms with Crippen molar-refractivity contribution in [2.45, 2.75) is 38.7 Å². The Bertz CT molecular complexity index is 517. The summed E-state index contributed by atoms with van der Waals surface area (Å²) in [5.41, 5.74) is 0.996. The van der Waals surface area contributed by atoms with E-state index in [9.17, 15) is 14.7 Å². The van der Waals surface area contributed by atoms with E-state index in [0.717, 1.165) is 24.8 Å². The maximum absolute atomic E-state index is 12.5. The Morgan fingerprint density at radius 1 is 1.35 bits per heavy atom. The number of aliphatic carboxylic acids is 1. The van der Waals surface area contributed by atoms with E-state index in [1.807, 2.05) is 37.3 Å². The third-order valence-corrected chi connectivity index (χ3v) is 4.30. The molecule has 1 aromatic carbocycles. The summed E-state index contributed by atoms with van der Waals surface area (Å²) >= 11 is 0. The van der Waals surface area contributed by atoms with Gasteiger partial charge in [-0.1, -0.05) is 43.7 Å². The van der Waals surface area contributed by atoms with Gasteiger partial charge in [0, 0.05) is 13.2 Å². The fourth-order valence-corrected chi connectivity index (χ4v) is 3.04. The SMILES string of the molecule is CCCC(CNC(=O)C1CCCOC1c1ccccc1)C(=O)O. The molecule has 5 heteroatoms. The number of carboxylic acids is 1. The molecule has 0 aliphatic carbocycles. The Kier molecular flexibility index (Phi) is 6.59. The van der Waals surface area contributed by atoms with Crippen LogP contribution in [-0.2, 0) is 14.3 Å². The van der Waals surface area contributed by atoms with Crippen LogP contribution in [0.1, 0.15) is 44.3 Å². The van der Waals surface area contributed by atoms with Gasteiger partial charge in [-0.05, 0) is 24.8 Å². The van der Waals surface area contributed by atoms with E-state index >= 15 is 0 Å². The highest BCUT2D eigenvalue weighted by atomic mass is 16.5. The lowest BCUT2D eigenvalue weighted by Crippen LogP contribution is -2.40. The standard InChI is InChI=1S/C18H25NO4/c1-2-7-14(18(21)22)12-19-17(20)15-10-6-11-23-16(15)13-8-4-3-5-9-13/h3-5,8-9,14-16H,2,6-7,10-12H2,1H3,(H,19,20)(H,21,22). The van der Waals surface area contributed by atoms with Crippen LogP contribution in [0.4, 0.5) is 0 Å². The van der Waals surface area contributed by atoms with Gasteiger partial charge in [-0.15, -0.1) is 0 Å². The van der Waals surface area contributed by atoms with Gasteiger partial charge in [0.05, 0.1) is 17.9 Å². The molecule has 5 nitrogen and oxygen atoms in total. The second kappa shape index (κ2) is 8.67. The van der Waals surface area contributed by atoms with Crippen LogP contribution in [0.2, 0.25) is 0 Å². The number of carbonyl (C=O) groups excluding carboxylic acids is 1. The molecule has 2 rings (SSSR count). The van der Waals surface area contributed by atoms with Gasteiger partial charge in [0.1, 0.15) is 0 Å². The molecule has 0 spiro atoms. The number of hydrogen-bond donors (Lipinski definition) is 2. The topological polar surface area (TPSA) is 75.6 Å². The molecule has 126 valence electrons. The molecule has 1 aromatic rings. The third-order valence-electron chi connectivity index (χ3n) is 4.30. The molecule has 2 N–H and O–H groups in total. The minimum atomic E-state index is -0.855. The molecule has 23 heavy (non-hydrogen) atoms. The van der Waals surface area contributed by atoms with Crippen LogP contribution < -0.4 is 5.32 Å². The van der Waals surface area contributed by atoms with Crippen LogP contribution in [-0.4, -0.2) is 30.1 Å². The number of hydrogen-bond acceptors (Lipinski definition) is 3. The molecule has 1 heterocycles. The quantitative estimate of drug-likeness (QED) is 0.810. The van der Waals surface area contributed by atoms with Crippen LogP contribution in [0, 0.1) is 11.8 Å². The lowest BCUT2D eigenvalue weighted by molar-refractivity contribution is -0.142. The van der Waals surface area contributed by atoms with E-state index in [-0.39, 0.29) is 24.5 Å². The molecule has 1 aliphatic heterocycles. The van der Waals surface area contributed by atoms with Gasteiger partial charge in [-0.25, -0.2) is 0 Å². The van der Waals surface area contributed by atoms with Crippen LogP contribution in [0.5, 0.6) is 0 Å². The summed E-state index contributed by atoms with van der Waals surface area (Å²) in [6.45, 7) is 2.77. The maximum atomic E-state index is 12.5. The summed E-state index contributed by atoms with van der Waals surface area (Å²) < 4.78 is 5.82. The first kappa shape index (κ1) is 17.5. The molecule has 1 fully saturated rings. The second-order valence-corrected chi connectivity index (χ2v) is 6.02. The van der Waals surface area contributed by atoms with E-state index in [1.165, 1.54) is 0 Å². The maximum Gasteiger partial charge on any atom is 0.308 e. The Labute approximate surface area is 137 Å². The van der Waals surface area contributed by atoms with Gasteiger partial charge in [0.15, 0.2) is 0 Å². The first-order chi connectivity index (χ1) is 11.1. The zero-order valence-corrected chi connectivity index (χ0v) is 13.5. The normalized spacial score (nSPS) is 22.3. The van der Waals surface area contributed by atoms with Crippen molar-refractivity contribution in [3.05, 3.63) is 35.9 Å². The number of carbonyl (C=O) groups is 2. The van der Waals surface area contributed by atoms with Gasteiger partial charge < -0.3 is 15.2 Å². The number of amides is 1. The van der Waals surface area contributed by atoms with Gasteiger partial charge >= 0.3 is 5.97 Å². The van der Waals surface area contributed by atoms with Crippen molar-refractivity contribution in [2.24, 2.45) is 11.8 Å². The van der Waals surface area contributed by atoms with Crippen LogP contribution >= 0.6 is 0 Å². The van der Waals surface area contributed by atoms with Crippen molar-refractivity contribution in [3.63, 3.8) is 0 Å².